The summed E-state index contributed by atoms with van der Waals surface area (Å²) in [4.78, 5) is 23.3. The topological polar surface area (TPSA) is 126 Å². The molecule has 0 radical (unpaired) electrons. The van der Waals surface area contributed by atoms with Gasteiger partial charge < -0.3 is 5.32 Å². The maximum absolute atomic E-state index is 12.2. The van der Waals surface area contributed by atoms with Crippen LogP contribution in [0.1, 0.15) is 37.0 Å². The maximum Gasteiger partial charge on any atom is 0.240 e. The van der Waals surface area contributed by atoms with Gasteiger partial charge in [0.2, 0.25) is 15.9 Å². The van der Waals surface area contributed by atoms with Crippen LogP contribution in [0, 0.1) is 0 Å². The molecule has 2 rings (SSSR count). The van der Waals surface area contributed by atoms with Crippen molar-refractivity contribution in [3.8, 4) is 0 Å². The van der Waals surface area contributed by atoms with Crippen LogP contribution in [0.25, 0.3) is 0 Å². The highest BCUT2D eigenvalue weighted by Gasteiger charge is 2.39. The van der Waals surface area contributed by atoms with Gasteiger partial charge in [-0.2, -0.15) is 0 Å². The van der Waals surface area contributed by atoms with Gasteiger partial charge in [0.1, 0.15) is 0 Å². The SMILES string of the molecule is CC(=O)c1cccc(S(=O)(=O)NCCC(=O)N[C@]2(C)CCS(=O)(=O)C2)c1. The smallest absolute Gasteiger partial charge is 0.240 e. The second kappa shape index (κ2) is 7.45. The quantitative estimate of drug-likeness (QED) is 0.630. The van der Waals surface area contributed by atoms with Gasteiger partial charge in [0, 0.05) is 18.5 Å². The van der Waals surface area contributed by atoms with E-state index in [0.29, 0.717) is 6.42 Å². The van der Waals surface area contributed by atoms with Gasteiger partial charge in [-0.3, -0.25) is 9.59 Å². The van der Waals surface area contributed by atoms with Gasteiger partial charge in [-0.05, 0) is 32.4 Å². The molecule has 1 aliphatic heterocycles. The first-order valence-corrected chi connectivity index (χ1v) is 11.4. The zero-order valence-corrected chi connectivity index (χ0v) is 16.2. The predicted octanol–water partition coefficient (Wildman–Crippen LogP) is 0.251. The van der Waals surface area contributed by atoms with Gasteiger partial charge in [0.15, 0.2) is 15.6 Å². The summed E-state index contributed by atoms with van der Waals surface area (Å²) in [5.41, 5.74) is -0.536. The normalized spacial score (nSPS) is 22.1. The fraction of sp³-hybridized carbons (Fsp3) is 0.500. The van der Waals surface area contributed by atoms with Crippen molar-refractivity contribution in [3.05, 3.63) is 29.8 Å². The first-order chi connectivity index (χ1) is 11.9. The second-order valence-electron chi connectivity index (χ2n) is 6.68. The van der Waals surface area contributed by atoms with E-state index in [-0.39, 0.29) is 40.7 Å². The number of carbonyl (C=O) groups excluding carboxylic acids is 2. The summed E-state index contributed by atoms with van der Waals surface area (Å²) in [5.74, 6) is -0.760. The van der Waals surface area contributed by atoms with Crippen LogP contribution in [0.5, 0.6) is 0 Å². The summed E-state index contributed by atoms with van der Waals surface area (Å²) < 4.78 is 49.9. The van der Waals surface area contributed by atoms with Crippen LogP contribution in [0.15, 0.2) is 29.2 Å². The van der Waals surface area contributed by atoms with Gasteiger partial charge in [-0.15, -0.1) is 0 Å². The molecular formula is C16H22N2O6S2. The minimum absolute atomic E-state index is 0.0307. The van der Waals surface area contributed by atoms with E-state index in [1.54, 1.807) is 6.92 Å². The molecule has 0 aliphatic carbocycles. The molecular weight excluding hydrogens is 380 g/mol. The Kier molecular flexibility index (Phi) is 5.89. The summed E-state index contributed by atoms with van der Waals surface area (Å²) in [7, 11) is -7.00. The van der Waals surface area contributed by atoms with Crippen molar-refractivity contribution in [2.75, 3.05) is 18.1 Å². The number of Topliss-reactive ketones (excluding diaryl/α,β-unsaturated/α-hetero) is 1. The molecule has 1 aromatic carbocycles. The highest BCUT2D eigenvalue weighted by Crippen LogP contribution is 2.22. The zero-order chi connectivity index (χ0) is 19.6. The molecule has 0 spiro atoms. The molecule has 1 heterocycles. The van der Waals surface area contributed by atoms with E-state index >= 15 is 0 Å². The van der Waals surface area contributed by atoms with Gasteiger partial charge in [0.25, 0.3) is 0 Å². The van der Waals surface area contributed by atoms with Crippen LogP contribution in [0.4, 0.5) is 0 Å². The molecule has 1 atom stereocenters. The molecule has 0 saturated carbocycles. The van der Waals surface area contributed by atoms with E-state index in [1.807, 2.05) is 0 Å². The Morgan fingerprint density at radius 2 is 1.96 bits per heavy atom. The molecule has 10 heteroatoms. The molecule has 1 saturated heterocycles. The highest BCUT2D eigenvalue weighted by molar-refractivity contribution is 7.91. The number of carbonyl (C=O) groups is 2. The lowest BCUT2D eigenvalue weighted by Crippen LogP contribution is -2.47. The van der Waals surface area contributed by atoms with E-state index in [2.05, 4.69) is 10.0 Å². The highest BCUT2D eigenvalue weighted by atomic mass is 32.2. The number of ketones is 1. The number of rotatable bonds is 7. The molecule has 8 nitrogen and oxygen atoms in total. The van der Waals surface area contributed by atoms with Gasteiger partial charge in [-0.25, -0.2) is 21.6 Å². The van der Waals surface area contributed by atoms with Crippen LogP contribution in [-0.4, -0.2) is 52.1 Å². The number of hydrogen-bond donors (Lipinski definition) is 2. The third kappa shape index (κ3) is 5.36. The van der Waals surface area contributed by atoms with Crippen molar-refractivity contribution in [3.63, 3.8) is 0 Å². The molecule has 1 amide bonds. The summed E-state index contributed by atoms with van der Waals surface area (Å²) in [6.07, 6.45) is 0.214. The van der Waals surface area contributed by atoms with Crippen molar-refractivity contribution in [2.45, 2.75) is 37.1 Å². The molecule has 0 aromatic heterocycles. The number of nitrogens with one attached hydrogen (secondary N) is 2. The Labute approximate surface area is 153 Å². The van der Waals surface area contributed by atoms with E-state index in [1.165, 1.54) is 31.2 Å². The minimum Gasteiger partial charge on any atom is -0.350 e. The second-order valence-corrected chi connectivity index (χ2v) is 10.6. The van der Waals surface area contributed by atoms with E-state index < -0.39 is 31.3 Å². The molecule has 1 fully saturated rings. The number of sulfone groups is 1. The number of hydrogen-bond acceptors (Lipinski definition) is 6. The molecule has 144 valence electrons. The van der Waals surface area contributed by atoms with E-state index in [9.17, 15) is 26.4 Å². The summed E-state index contributed by atoms with van der Waals surface area (Å²) in [6.45, 7) is 2.86. The Bertz CT molecular complexity index is 924. The van der Waals surface area contributed by atoms with Crippen molar-refractivity contribution >= 4 is 31.6 Å². The monoisotopic (exact) mass is 402 g/mol. The van der Waals surface area contributed by atoms with Crippen LogP contribution < -0.4 is 10.0 Å². The molecule has 1 aliphatic rings. The Hall–Kier alpha value is -1.78. The third-order valence-corrected chi connectivity index (χ3v) is 7.50. The van der Waals surface area contributed by atoms with Gasteiger partial charge >= 0.3 is 0 Å². The van der Waals surface area contributed by atoms with Crippen LogP contribution in [-0.2, 0) is 24.7 Å². The molecule has 0 unspecified atom stereocenters. The molecule has 26 heavy (non-hydrogen) atoms. The van der Waals surface area contributed by atoms with E-state index in [4.69, 9.17) is 0 Å². The van der Waals surface area contributed by atoms with Crippen molar-refractivity contribution < 1.29 is 26.4 Å². The number of benzene rings is 1. The average molecular weight is 402 g/mol. The van der Waals surface area contributed by atoms with Crippen molar-refractivity contribution in [2.24, 2.45) is 0 Å². The molecule has 0 bridgehead atoms. The van der Waals surface area contributed by atoms with Crippen LogP contribution in [0.2, 0.25) is 0 Å². The first-order valence-electron chi connectivity index (χ1n) is 8.05. The van der Waals surface area contributed by atoms with Gasteiger partial charge in [0.05, 0.1) is 21.9 Å². The lowest BCUT2D eigenvalue weighted by molar-refractivity contribution is -0.122. The first kappa shape index (κ1) is 20.5. The minimum atomic E-state index is -3.85. The third-order valence-electron chi connectivity index (χ3n) is 4.14. The Morgan fingerprint density at radius 3 is 2.54 bits per heavy atom. The largest absolute Gasteiger partial charge is 0.350 e. The van der Waals surface area contributed by atoms with Crippen molar-refractivity contribution in [1.82, 2.24) is 10.0 Å². The Morgan fingerprint density at radius 1 is 1.27 bits per heavy atom. The summed E-state index contributed by atoms with van der Waals surface area (Å²) in [6, 6.07) is 5.62. The molecule has 1 aromatic rings. The zero-order valence-electron chi connectivity index (χ0n) is 14.6. The lowest BCUT2D eigenvalue weighted by atomic mass is 10.0. The summed E-state index contributed by atoms with van der Waals surface area (Å²) in [5, 5.41) is 2.66. The lowest BCUT2D eigenvalue weighted by Gasteiger charge is -2.23. The molecule has 2 N–H and O–H groups in total. The standard InChI is InChI=1S/C16H22N2O6S2/c1-12(19)13-4-3-5-14(10-13)26(23,24)17-8-6-15(20)18-16(2)7-9-25(21,22)11-16/h3-5,10,17H,6-9,11H2,1-2H3,(H,18,20)/t16-/m1/s1. The van der Waals surface area contributed by atoms with Crippen LogP contribution >= 0.6 is 0 Å². The maximum atomic E-state index is 12.2. The Balaban J connectivity index is 1.91. The van der Waals surface area contributed by atoms with E-state index in [0.717, 1.165) is 0 Å². The predicted molar refractivity (Wildman–Crippen MR) is 96.1 cm³/mol. The number of amides is 1. The fourth-order valence-electron chi connectivity index (χ4n) is 2.77. The van der Waals surface area contributed by atoms with Crippen LogP contribution in [0.3, 0.4) is 0 Å². The average Bonchev–Trinajstić information content (AvgIpc) is 2.80. The summed E-state index contributed by atoms with van der Waals surface area (Å²) >= 11 is 0. The fourth-order valence-corrected chi connectivity index (χ4v) is 5.94. The van der Waals surface area contributed by atoms with Crippen molar-refractivity contribution in [1.29, 1.82) is 0 Å². The van der Waals surface area contributed by atoms with Gasteiger partial charge in [-0.1, -0.05) is 12.1 Å². The number of sulfonamides is 1.